The van der Waals surface area contributed by atoms with Crippen LogP contribution in [0.4, 0.5) is 0 Å². The van der Waals surface area contributed by atoms with Crippen LogP contribution in [0.1, 0.15) is 24.8 Å². The van der Waals surface area contributed by atoms with Gasteiger partial charge in [0.2, 0.25) is 10.0 Å². The van der Waals surface area contributed by atoms with Crippen LogP contribution in [0.15, 0.2) is 24.4 Å². The summed E-state index contributed by atoms with van der Waals surface area (Å²) in [4.78, 5) is 7.39. The maximum Gasteiger partial charge on any atom is 0.552 e. The summed E-state index contributed by atoms with van der Waals surface area (Å²) in [5.74, 6) is 2.49. The van der Waals surface area contributed by atoms with Crippen LogP contribution in [0.2, 0.25) is 0 Å². The highest BCUT2D eigenvalue weighted by Crippen LogP contribution is 2.46. The number of pyridine rings is 1. The average Bonchev–Trinajstić information content (AvgIpc) is 3.05. The fourth-order valence-corrected chi connectivity index (χ4v) is 5.11. The van der Waals surface area contributed by atoms with Gasteiger partial charge in [0, 0.05) is 36.9 Å². The number of ether oxygens (including phenoxy) is 1. The normalized spacial score (nSPS) is 22.1. The largest absolute Gasteiger partial charge is 0.552 e. The Hall–Kier alpha value is -1.88. The second-order valence-corrected chi connectivity index (χ2v) is 8.89. The van der Waals surface area contributed by atoms with E-state index in [1.165, 1.54) is 0 Å². The molecule has 0 atom stereocenters. The molecule has 3 heterocycles. The Kier molecular flexibility index (Phi) is 4.98. The summed E-state index contributed by atoms with van der Waals surface area (Å²) in [5, 5.41) is 11.0. The van der Waals surface area contributed by atoms with Crippen LogP contribution in [-0.4, -0.2) is 56.0 Å². The van der Waals surface area contributed by atoms with Crippen LogP contribution < -0.4 is 9.38 Å². The Morgan fingerprint density at radius 3 is 3.07 bits per heavy atom. The molecule has 144 valence electrons. The lowest BCUT2D eigenvalue weighted by Gasteiger charge is -2.39. The highest BCUT2D eigenvalue weighted by Gasteiger charge is 2.38. The zero-order chi connectivity index (χ0) is 19.0. The minimum absolute atomic E-state index is 0.0652. The Bertz CT molecular complexity index is 968. The van der Waals surface area contributed by atoms with Gasteiger partial charge in [0.05, 0.1) is 11.9 Å². The predicted octanol–water partition coefficient (Wildman–Crippen LogP) is 1.09. The lowest BCUT2D eigenvalue weighted by molar-refractivity contribution is 0.199. The van der Waals surface area contributed by atoms with Crippen molar-refractivity contribution in [2.75, 3.05) is 19.5 Å². The average molecular weight is 391 g/mol. The number of rotatable bonds is 7. The number of hydrogen-bond donors (Lipinski definition) is 3. The fraction of sp³-hybridized carbons (Fsp3) is 0.471. The van der Waals surface area contributed by atoms with Gasteiger partial charge in [-0.1, -0.05) is 0 Å². The number of fused-ring (bicyclic) bond motifs is 3. The molecule has 0 spiro atoms. The second-order valence-electron chi connectivity index (χ2n) is 7.02. The van der Waals surface area contributed by atoms with Crippen molar-refractivity contribution in [1.29, 1.82) is 0 Å². The van der Waals surface area contributed by atoms with E-state index in [4.69, 9.17) is 9.39 Å². The lowest BCUT2D eigenvalue weighted by atomic mass is 9.68. The van der Waals surface area contributed by atoms with E-state index in [0.717, 1.165) is 22.2 Å². The maximum atomic E-state index is 12.1. The highest BCUT2D eigenvalue weighted by atomic mass is 32.2. The van der Waals surface area contributed by atoms with E-state index in [-0.39, 0.29) is 17.7 Å². The molecule has 1 fully saturated rings. The van der Waals surface area contributed by atoms with E-state index in [1.54, 1.807) is 19.3 Å². The monoisotopic (exact) mass is 391 g/mol. The summed E-state index contributed by atoms with van der Waals surface area (Å²) < 4.78 is 37.4. The molecule has 10 heteroatoms. The van der Waals surface area contributed by atoms with E-state index in [9.17, 15) is 13.4 Å². The molecule has 0 bridgehead atoms. The van der Waals surface area contributed by atoms with Gasteiger partial charge in [0.15, 0.2) is 0 Å². The van der Waals surface area contributed by atoms with Crippen LogP contribution in [0.5, 0.6) is 5.75 Å². The first-order valence-electron chi connectivity index (χ1n) is 8.98. The van der Waals surface area contributed by atoms with Gasteiger partial charge in [-0.25, -0.2) is 18.1 Å². The smallest absolute Gasteiger partial charge is 0.531 e. The van der Waals surface area contributed by atoms with Gasteiger partial charge in [-0.3, -0.25) is 0 Å². The van der Waals surface area contributed by atoms with Crippen LogP contribution in [0.25, 0.3) is 16.6 Å². The minimum atomic E-state index is -3.30. The molecule has 0 radical (unpaired) electrons. The number of aromatic nitrogens is 2. The third-order valence-electron chi connectivity index (χ3n) is 5.10. The second kappa shape index (κ2) is 7.27. The minimum Gasteiger partial charge on any atom is -0.531 e. The van der Waals surface area contributed by atoms with Crippen molar-refractivity contribution in [3.8, 4) is 5.75 Å². The fourth-order valence-electron chi connectivity index (χ4n) is 3.79. The molecule has 2 aromatic rings. The molecule has 0 unspecified atom stereocenters. The first-order valence-corrected chi connectivity index (χ1v) is 10.6. The van der Waals surface area contributed by atoms with E-state index in [1.807, 2.05) is 12.3 Å². The molecule has 4 rings (SSSR count). The van der Waals surface area contributed by atoms with Gasteiger partial charge in [0.1, 0.15) is 11.4 Å². The molecular formula is C17H22BN3O5S. The van der Waals surface area contributed by atoms with Crippen molar-refractivity contribution in [3.63, 3.8) is 0 Å². The molecule has 1 aliphatic heterocycles. The molecule has 0 amide bonds. The quantitative estimate of drug-likeness (QED) is 0.481. The van der Waals surface area contributed by atoms with E-state index in [2.05, 4.69) is 14.7 Å². The summed E-state index contributed by atoms with van der Waals surface area (Å²) in [5.41, 5.74) is 2.68. The Balaban J connectivity index is 1.48. The molecular weight excluding hydrogens is 369 g/mol. The zero-order valence-electron chi connectivity index (χ0n) is 15.0. The van der Waals surface area contributed by atoms with Gasteiger partial charge in [0.25, 0.3) is 0 Å². The molecule has 1 saturated carbocycles. The summed E-state index contributed by atoms with van der Waals surface area (Å²) in [6, 6.07) is 1.85. The number of nitrogens with zero attached hydrogens (tertiary/aromatic N) is 1. The van der Waals surface area contributed by atoms with Gasteiger partial charge < -0.3 is 19.4 Å². The summed E-state index contributed by atoms with van der Waals surface area (Å²) in [6.07, 6.45) is 5.28. The van der Waals surface area contributed by atoms with Gasteiger partial charge in [-0.15, -0.1) is 0 Å². The van der Waals surface area contributed by atoms with E-state index in [0.29, 0.717) is 31.6 Å². The summed E-state index contributed by atoms with van der Waals surface area (Å²) in [6.45, 7) is 0.427. The topological polar surface area (TPSA) is 114 Å². The SMILES string of the molecule is COCCCS(=O)(=O)NC1CC(C2=CB(O)Oc3cnc4[nH]ccc4c32)C1. The van der Waals surface area contributed by atoms with Crippen molar-refractivity contribution in [2.24, 2.45) is 5.92 Å². The predicted molar refractivity (Wildman–Crippen MR) is 103 cm³/mol. The van der Waals surface area contributed by atoms with Crippen molar-refractivity contribution in [3.05, 3.63) is 30.0 Å². The number of nitrogens with one attached hydrogen (secondary N) is 2. The number of H-pyrrole nitrogens is 1. The van der Waals surface area contributed by atoms with Gasteiger partial charge in [-0.2, -0.15) is 0 Å². The lowest BCUT2D eigenvalue weighted by Crippen LogP contribution is -2.46. The van der Waals surface area contributed by atoms with Gasteiger partial charge in [-0.05, 0) is 42.8 Å². The Morgan fingerprint density at radius 1 is 1.48 bits per heavy atom. The number of sulfonamides is 1. The highest BCUT2D eigenvalue weighted by molar-refractivity contribution is 7.89. The number of aromatic amines is 1. The molecule has 2 aliphatic rings. The van der Waals surface area contributed by atoms with Crippen molar-refractivity contribution in [1.82, 2.24) is 14.7 Å². The third-order valence-corrected chi connectivity index (χ3v) is 6.61. The van der Waals surface area contributed by atoms with Crippen molar-refractivity contribution in [2.45, 2.75) is 25.3 Å². The summed E-state index contributed by atoms with van der Waals surface area (Å²) >= 11 is 0. The third kappa shape index (κ3) is 3.75. The Morgan fingerprint density at radius 2 is 2.30 bits per heavy atom. The van der Waals surface area contributed by atoms with Crippen LogP contribution in [0, 0.1) is 5.92 Å². The maximum absolute atomic E-state index is 12.1. The first-order chi connectivity index (χ1) is 13.0. The molecule has 0 saturated heterocycles. The molecule has 1 aliphatic carbocycles. The molecule has 2 aromatic heterocycles. The number of methoxy groups -OCH3 is 1. The Labute approximate surface area is 158 Å². The number of hydrogen-bond acceptors (Lipinski definition) is 6. The summed E-state index contributed by atoms with van der Waals surface area (Å²) in [7, 11) is -2.76. The first kappa shape index (κ1) is 18.5. The van der Waals surface area contributed by atoms with E-state index >= 15 is 0 Å². The molecule has 0 aromatic carbocycles. The van der Waals surface area contributed by atoms with Crippen molar-refractivity contribution < 1.29 is 22.8 Å². The van der Waals surface area contributed by atoms with Crippen molar-refractivity contribution >= 4 is 33.7 Å². The van der Waals surface area contributed by atoms with Gasteiger partial charge >= 0.3 is 7.12 Å². The zero-order valence-corrected chi connectivity index (χ0v) is 15.8. The van der Waals surface area contributed by atoms with Crippen LogP contribution in [0.3, 0.4) is 0 Å². The standard InChI is InChI=1S/C17H22BN3O5S/c1-25-5-2-6-27(23,24)21-12-7-11(8-12)14-9-18(22)26-15-10-20-17-13(16(14)15)3-4-19-17/h3-4,9-12,21-22H,2,5-8H2,1H3,(H,19,20). The van der Waals surface area contributed by atoms with Crippen LogP contribution in [-0.2, 0) is 14.8 Å². The molecule has 3 N–H and O–H groups in total. The molecule has 27 heavy (non-hydrogen) atoms. The number of allylic oxidation sites excluding steroid dienone is 1. The van der Waals surface area contributed by atoms with E-state index < -0.39 is 17.1 Å². The van der Waals surface area contributed by atoms with Crippen LogP contribution >= 0.6 is 0 Å². The molecule has 8 nitrogen and oxygen atoms in total.